The lowest BCUT2D eigenvalue weighted by Gasteiger charge is -2.35. The van der Waals surface area contributed by atoms with Crippen LogP contribution < -0.4 is 10.6 Å². The zero-order valence-electron chi connectivity index (χ0n) is 12.6. The second kappa shape index (κ2) is 7.83. The largest absolute Gasteiger partial charge is 0.469 e. The molecular formula is C15H24N4O2. The number of anilines is 2. The molecule has 2 rings (SSSR count). The van der Waals surface area contributed by atoms with Gasteiger partial charge in [-0.1, -0.05) is 0 Å². The molecule has 1 fully saturated rings. The Labute approximate surface area is 125 Å². The summed E-state index contributed by atoms with van der Waals surface area (Å²) in [5.41, 5.74) is 6.74. The maximum Gasteiger partial charge on any atom is 0.305 e. The fraction of sp³-hybridized carbons (Fsp3) is 0.600. The highest BCUT2D eigenvalue weighted by atomic mass is 16.5. The van der Waals surface area contributed by atoms with Gasteiger partial charge in [0.1, 0.15) is 5.82 Å². The molecule has 116 valence electrons. The first-order valence-electron chi connectivity index (χ1n) is 7.44. The molecule has 0 aromatic carbocycles. The van der Waals surface area contributed by atoms with Crippen molar-refractivity contribution in [2.24, 2.45) is 0 Å². The minimum Gasteiger partial charge on any atom is -0.469 e. The van der Waals surface area contributed by atoms with Gasteiger partial charge in [0.2, 0.25) is 0 Å². The lowest BCUT2D eigenvalue weighted by Crippen LogP contribution is -2.46. The van der Waals surface area contributed by atoms with Crippen molar-refractivity contribution in [3.8, 4) is 0 Å². The van der Waals surface area contributed by atoms with Crippen LogP contribution in [0.25, 0.3) is 0 Å². The lowest BCUT2D eigenvalue weighted by atomic mass is 10.2. The number of unbranched alkanes of at least 4 members (excludes halogenated alkanes) is 1. The summed E-state index contributed by atoms with van der Waals surface area (Å²) in [4.78, 5) is 19.9. The van der Waals surface area contributed by atoms with Gasteiger partial charge < -0.3 is 15.4 Å². The van der Waals surface area contributed by atoms with Gasteiger partial charge in [-0.2, -0.15) is 0 Å². The summed E-state index contributed by atoms with van der Waals surface area (Å²) in [5, 5.41) is 0. The van der Waals surface area contributed by atoms with E-state index in [1.165, 1.54) is 7.11 Å². The molecule has 6 heteroatoms. The summed E-state index contributed by atoms with van der Waals surface area (Å²) in [6.45, 7) is 5.14. The number of pyridine rings is 1. The van der Waals surface area contributed by atoms with E-state index in [0.717, 1.165) is 51.3 Å². The zero-order chi connectivity index (χ0) is 15.1. The molecule has 1 aliphatic heterocycles. The molecule has 2 N–H and O–H groups in total. The maximum absolute atomic E-state index is 11.0. The second-order valence-electron chi connectivity index (χ2n) is 5.30. The van der Waals surface area contributed by atoms with Crippen LogP contribution in [0.15, 0.2) is 18.3 Å². The average molecular weight is 292 g/mol. The Kier molecular flexibility index (Phi) is 5.80. The van der Waals surface area contributed by atoms with Crippen LogP contribution in [0, 0.1) is 0 Å². The van der Waals surface area contributed by atoms with E-state index in [-0.39, 0.29) is 5.97 Å². The van der Waals surface area contributed by atoms with Crippen LogP contribution in [0.5, 0.6) is 0 Å². The van der Waals surface area contributed by atoms with Gasteiger partial charge in [-0.3, -0.25) is 9.69 Å². The summed E-state index contributed by atoms with van der Waals surface area (Å²) in [6.07, 6.45) is 4.29. The number of nitrogens with two attached hydrogens (primary N) is 1. The third-order valence-electron chi connectivity index (χ3n) is 3.84. The molecule has 0 atom stereocenters. The summed E-state index contributed by atoms with van der Waals surface area (Å²) in [6, 6.07) is 3.86. The highest BCUT2D eigenvalue weighted by Crippen LogP contribution is 2.16. The van der Waals surface area contributed by atoms with Crippen LogP contribution in [-0.2, 0) is 9.53 Å². The number of ether oxygens (including phenoxy) is 1. The van der Waals surface area contributed by atoms with Crippen molar-refractivity contribution >= 4 is 17.5 Å². The third kappa shape index (κ3) is 4.90. The summed E-state index contributed by atoms with van der Waals surface area (Å²) in [7, 11) is 1.44. The summed E-state index contributed by atoms with van der Waals surface area (Å²) in [5.74, 6) is 0.443. The van der Waals surface area contributed by atoms with E-state index < -0.39 is 0 Å². The Bertz CT molecular complexity index is 441. The molecule has 1 saturated heterocycles. The molecule has 1 aromatic heterocycles. The van der Waals surface area contributed by atoms with Crippen molar-refractivity contribution < 1.29 is 9.53 Å². The van der Waals surface area contributed by atoms with Gasteiger partial charge >= 0.3 is 5.97 Å². The van der Waals surface area contributed by atoms with Crippen LogP contribution in [-0.4, -0.2) is 55.7 Å². The molecule has 0 bridgehead atoms. The van der Waals surface area contributed by atoms with E-state index in [0.29, 0.717) is 12.2 Å². The molecule has 6 nitrogen and oxygen atoms in total. The summed E-state index contributed by atoms with van der Waals surface area (Å²) >= 11 is 0. The van der Waals surface area contributed by atoms with E-state index in [4.69, 9.17) is 5.73 Å². The zero-order valence-corrected chi connectivity index (χ0v) is 12.6. The lowest BCUT2D eigenvalue weighted by molar-refractivity contribution is -0.140. The van der Waals surface area contributed by atoms with Crippen LogP contribution in [0.2, 0.25) is 0 Å². The fourth-order valence-electron chi connectivity index (χ4n) is 2.52. The average Bonchev–Trinajstić information content (AvgIpc) is 2.52. The second-order valence-corrected chi connectivity index (χ2v) is 5.30. The fourth-order valence-corrected chi connectivity index (χ4v) is 2.52. The van der Waals surface area contributed by atoms with E-state index in [1.807, 2.05) is 18.3 Å². The number of esters is 1. The van der Waals surface area contributed by atoms with Gasteiger partial charge in [0.25, 0.3) is 0 Å². The summed E-state index contributed by atoms with van der Waals surface area (Å²) < 4.78 is 4.64. The number of rotatable bonds is 6. The number of piperazine rings is 1. The van der Waals surface area contributed by atoms with Gasteiger partial charge in [-0.05, 0) is 31.5 Å². The number of nitrogen functional groups attached to an aromatic ring is 1. The molecule has 0 saturated carbocycles. The molecule has 0 spiro atoms. The van der Waals surface area contributed by atoms with Crippen molar-refractivity contribution in [2.75, 3.05) is 50.5 Å². The first-order chi connectivity index (χ1) is 10.2. The van der Waals surface area contributed by atoms with Gasteiger partial charge in [0, 0.05) is 32.6 Å². The predicted molar refractivity (Wildman–Crippen MR) is 83.2 cm³/mol. The molecule has 2 heterocycles. The van der Waals surface area contributed by atoms with Crippen molar-refractivity contribution in [1.29, 1.82) is 0 Å². The smallest absolute Gasteiger partial charge is 0.305 e. The number of hydrogen-bond donors (Lipinski definition) is 1. The van der Waals surface area contributed by atoms with Gasteiger partial charge in [-0.15, -0.1) is 0 Å². The number of methoxy groups -OCH3 is 1. The highest BCUT2D eigenvalue weighted by molar-refractivity contribution is 5.68. The molecule has 0 amide bonds. The number of nitrogens with zero attached hydrogens (tertiary/aromatic N) is 3. The van der Waals surface area contributed by atoms with Crippen molar-refractivity contribution in [1.82, 2.24) is 9.88 Å². The Morgan fingerprint density at radius 3 is 2.67 bits per heavy atom. The number of carbonyl (C=O) groups excluding carboxylic acids is 1. The molecule has 0 radical (unpaired) electrons. The van der Waals surface area contributed by atoms with Crippen molar-refractivity contribution in [2.45, 2.75) is 19.3 Å². The minimum absolute atomic E-state index is 0.115. The number of aromatic nitrogens is 1. The molecule has 1 aliphatic rings. The Morgan fingerprint density at radius 1 is 1.29 bits per heavy atom. The monoisotopic (exact) mass is 292 g/mol. The Hall–Kier alpha value is -1.82. The first-order valence-corrected chi connectivity index (χ1v) is 7.44. The molecule has 1 aromatic rings. The highest BCUT2D eigenvalue weighted by Gasteiger charge is 2.17. The predicted octanol–water partition coefficient (Wildman–Crippen LogP) is 1.13. The molecule has 0 aliphatic carbocycles. The van der Waals surface area contributed by atoms with Crippen LogP contribution in [0.3, 0.4) is 0 Å². The SMILES string of the molecule is COC(=O)CCCCN1CCN(c2ccc(N)nc2)CC1. The quantitative estimate of drug-likeness (QED) is 0.626. The number of carbonyl (C=O) groups is 1. The Balaban J connectivity index is 1.66. The van der Waals surface area contributed by atoms with Crippen LogP contribution in [0.1, 0.15) is 19.3 Å². The maximum atomic E-state index is 11.0. The van der Waals surface area contributed by atoms with E-state index in [1.54, 1.807) is 0 Å². The van der Waals surface area contributed by atoms with Crippen molar-refractivity contribution in [3.63, 3.8) is 0 Å². The molecular weight excluding hydrogens is 268 g/mol. The number of hydrogen-bond acceptors (Lipinski definition) is 6. The normalized spacial score (nSPS) is 16.0. The minimum atomic E-state index is -0.115. The van der Waals surface area contributed by atoms with E-state index in [9.17, 15) is 4.79 Å². The van der Waals surface area contributed by atoms with Gasteiger partial charge in [-0.25, -0.2) is 4.98 Å². The van der Waals surface area contributed by atoms with Gasteiger partial charge in [0.15, 0.2) is 0 Å². The Morgan fingerprint density at radius 2 is 2.05 bits per heavy atom. The van der Waals surface area contributed by atoms with E-state index >= 15 is 0 Å². The molecule has 21 heavy (non-hydrogen) atoms. The molecule has 0 unspecified atom stereocenters. The van der Waals surface area contributed by atoms with Crippen LogP contribution >= 0.6 is 0 Å². The standard InChI is InChI=1S/C15H24N4O2/c1-21-15(20)4-2-3-7-18-8-10-19(11-9-18)13-5-6-14(16)17-12-13/h5-6,12H,2-4,7-11H2,1H3,(H2,16,17). The van der Waals surface area contributed by atoms with Crippen LogP contribution in [0.4, 0.5) is 11.5 Å². The topological polar surface area (TPSA) is 71.7 Å². The first kappa shape index (κ1) is 15.6. The third-order valence-corrected chi connectivity index (χ3v) is 3.84. The van der Waals surface area contributed by atoms with E-state index in [2.05, 4.69) is 19.5 Å². The van der Waals surface area contributed by atoms with Crippen molar-refractivity contribution in [3.05, 3.63) is 18.3 Å². The van der Waals surface area contributed by atoms with Gasteiger partial charge in [0.05, 0.1) is 19.0 Å².